The number of hydrogen-bond donors (Lipinski definition) is 1. The number of ether oxygens (including phenoxy) is 1. The molecule has 1 heterocycles. The molecule has 0 aliphatic heterocycles. The zero-order chi connectivity index (χ0) is 20.1. The van der Waals surface area contributed by atoms with Crippen LogP contribution in [0.5, 0.6) is 0 Å². The van der Waals surface area contributed by atoms with E-state index in [1.165, 1.54) is 5.56 Å². The average molecular weight is 380 g/mol. The first kappa shape index (κ1) is 19.6. The second-order valence-electron chi connectivity index (χ2n) is 7.61. The van der Waals surface area contributed by atoms with Crippen LogP contribution in [0.1, 0.15) is 38.6 Å². The van der Waals surface area contributed by atoms with E-state index in [1.807, 2.05) is 48.5 Å². The number of nitrogens with zero attached hydrogens (tertiary/aromatic N) is 1. The smallest absolute Gasteiger partial charge is 0.306 e. The number of anilines is 1. The van der Waals surface area contributed by atoms with Crippen LogP contribution in [0.25, 0.3) is 11.1 Å². The molecule has 0 aliphatic rings. The lowest BCUT2D eigenvalue weighted by Crippen LogP contribution is -2.21. The van der Waals surface area contributed by atoms with Crippen molar-refractivity contribution in [1.29, 1.82) is 0 Å². The molecule has 1 aromatic heterocycles. The van der Waals surface area contributed by atoms with Gasteiger partial charge in [0, 0.05) is 12.1 Å². The maximum atomic E-state index is 12.0. The molecule has 6 heteroatoms. The maximum absolute atomic E-state index is 12.0. The van der Waals surface area contributed by atoms with Crippen LogP contribution >= 0.6 is 0 Å². The molecule has 6 nitrogen and oxygen atoms in total. The number of benzene rings is 2. The number of aromatic nitrogens is 1. The van der Waals surface area contributed by atoms with Crippen LogP contribution in [0.4, 0.5) is 5.69 Å². The Labute approximate surface area is 163 Å². The van der Waals surface area contributed by atoms with Gasteiger partial charge < -0.3 is 14.5 Å². The molecule has 28 heavy (non-hydrogen) atoms. The zero-order valence-electron chi connectivity index (χ0n) is 16.3. The Morgan fingerprint density at radius 3 is 2.46 bits per heavy atom. The number of rotatable bonds is 6. The number of esters is 1. The minimum Gasteiger partial charge on any atom is -0.456 e. The van der Waals surface area contributed by atoms with Crippen molar-refractivity contribution >= 4 is 28.7 Å². The fourth-order valence-electron chi connectivity index (χ4n) is 2.70. The first-order chi connectivity index (χ1) is 13.3. The van der Waals surface area contributed by atoms with Gasteiger partial charge in [-0.25, -0.2) is 4.98 Å². The molecule has 3 rings (SSSR count). The Hall–Kier alpha value is -3.15. The molecule has 1 N–H and O–H groups in total. The van der Waals surface area contributed by atoms with Crippen LogP contribution in [-0.2, 0) is 26.2 Å². The molecule has 1 amide bonds. The fourth-order valence-corrected chi connectivity index (χ4v) is 2.70. The lowest BCUT2D eigenvalue weighted by Gasteiger charge is -2.19. The molecule has 0 saturated heterocycles. The van der Waals surface area contributed by atoms with E-state index >= 15 is 0 Å². The van der Waals surface area contributed by atoms with Gasteiger partial charge in [-0.05, 0) is 35.2 Å². The highest BCUT2D eigenvalue weighted by atomic mass is 16.5. The number of hydrogen-bond acceptors (Lipinski definition) is 5. The van der Waals surface area contributed by atoms with Gasteiger partial charge in [-0.3, -0.25) is 9.59 Å². The minimum absolute atomic E-state index is 0.0484. The molecule has 0 aliphatic carbocycles. The van der Waals surface area contributed by atoms with E-state index in [0.29, 0.717) is 23.6 Å². The summed E-state index contributed by atoms with van der Waals surface area (Å²) in [6.45, 7) is 6.05. The molecule has 3 aromatic rings. The second-order valence-corrected chi connectivity index (χ2v) is 7.61. The number of aryl methyl sites for hydroxylation is 1. The van der Waals surface area contributed by atoms with Gasteiger partial charge in [0.15, 0.2) is 18.1 Å². The normalized spacial score (nSPS) is 11.4. The van der Waals surface area contributed by atoms with Crippen LogP contribution in [0, 0.1) is 0 Å². The van der Waals surface area contributed by atoms with Gasteiger partial charge >= 0.3 is 5.97 Å². The predicted molar refractivity (Wildman–Crippen MR) is 107 cm³/mol. The van der Waals surface area contributed by atoms with Crippen molar-refractivity contribution in [2.75, 3.05) is 11.9 Å². The minimum atomic E-state index is -0.472. The summed E-state index contributed by atoms with van der Waals surface area (Å²) in [7, 11) is 0. The summed E-state index contributed by atoms with van der Waals surface area (Å²) < 4.78 is 10.6. The highest BCUT2D eigenvalue weighted by Crippen LogP contribution is 2.23. The van der Waals surface area contributed by atoms with Crippen LogP contribution in [-0.4, -0.2) is 23.5 Å². The van der Waals surface area contributed by atoms with E-state index in [9.17, 15) is 9.59 Å². The van der Waals surface area contributed by atoms with Crippen LogP contribution < -0.4 is 5.32 Å². The van der Waals surface area contributed by atoms with Crippen molar-refractivity contribution in [3.05, 3.63) is 60.0 Å². The summed E-state index contributed by atoms with van der Waals surface area (Å²) in [5.41, 5.74) is 3.33. The summed E-state index contributed by atoms with van der Waals surface area (Å²) in [5, 5.41) is 2.72. The molecule has 0 radical (unpaired) electrons. The lowest BCUT2D eigenvalue weighted by atomic mass is 9.87. The molecule has 0 bridgehead atoms. The van der Waals surface area contributed by atoms with Gasteiger partial charge in [-0.1, -0.05) is 45.0 Å². The van der Waals surface area contributed by atoms with Crippen molar-refractivity contribution in [2.24, 2.45) is 0 Å². The molecule has 0 spiro atoms. The standard InChI is InChI=1S/C22H24N2O4/c1-22(2,3)15-8-10-16(11-9-15)23-19(25)14-27-21(26)13-12-20-24-17-6-4-5-7-18(17)28-20/h4-11H,12-14H2,1-3H3,(H,23,25). The van der Waals surface area contributed by atoms with Crippen molar-refractivity contribution in [3.8, 4) is 0 Å². The predicted octanol–water partition coefficient (Wildman–Crippen LogP) is 4.24. The average Bonchev–Trinajstić information content (AvgIpc) is 3.07. The third kappa shape index (κ3) is 5.19. The second kappa shape index (κ2) is 8.25. The monoisotopic (exact) mass is 380 g/mol. The molecule has 0 saturated carbocycles. The SMILES string of the molecule is CC(C)(C)c1ccc(NC(=O)COC(=O)CCc2nc3ccccc3o2)cc1. The number of nitrogens with one attached hydrogen (secondary N) is 1. The Balaban J connectivity index is 1.43. The van der Waals surface area contributed by atoms with E-state index in [4.69, 9.17) is 9.15 Å². The van der Waals surface area contributed by atoms with Crippen LogP contribution in [0.15, 0.2) is 52.9 Å². The van der Waals surface area contributed by atoms with Crippen molar-refractivity contribution in [2.45, 2.75) is 39.0 Å². The largest absolute Gasteiger partial charge is 0.456 e. The molecule has 0 fully saturated rings. The molecular weight excluding hydrogens is 356 g/mol. The summed E-state index contributed by atoms with van der Waals surface area (Å²) >= 11 is 0. The Kier molecular flexibility index (Phi) is 5.78. The molecule has 0 unspecified atom stereocenters. The van der Waals surface area contributed by atoms with Gasteiger partial charge in [0.25, 0.3) is 5.91 Å². The highest BCUT2D eigenvalue weighted by molar-refractivity contribution is 5.92. The quantitative estimate of drug-likeness (QED) is 0.647. The van der Waals surface area contributed by atoms with Gasteiger partial charge in [-0.2, -0.15) is 0 Å². The molecule has 0 atom stereocenters. The summed E-state index contributed by atoms with van der Waals surface area (Å²) in [6, 6.07) is 15.0. The van der Waals surface area contributed by atoms with Crippen molar-refractivity contribution in [1.82, 2.24) is 4.98 Å². The summed E-state index contributed by atoms with van der Waals surface area (Å²) in [4.78, 5) is 28.1. The van der Waals surface area contributed by atoms with E-state index in [-0.39, 0.29) is 24.3 Å². The number of para-hydroxylation sites is 2. The molecule has 2 aromatic carbocycles. The van der Waals surface area contributed by atoms with Crippen molar-refractivity contribution < 1.29 is 18.7 Å². The summed E-state index contributed by atoms with van der Waals surface area (Å²) in [5.74, 6) is -0.374. The maximum Gasteiger partial charge on any atom is 0.306 e. The number of carbonyl (C=O) groups excluding carboxylic acids is 2. The summed E-state index contributed by atoms with van der Waals surface area (Å²) in [6.07, 6.45) is 0.420. The van der Waals surface area contributed by atoms with Crippen LogP contribution in [0.2, 0.25) is 0 Å². The number of carbonyl (C=O) groups is 2. The number of fused-ring (bicyclic) bond motifs is 1. The van der Waals surface area contributed by atoms with Crippen LogP contribution in [0.3, 0.4) is 0 Å². The third-order valence-electron chi connectivity index (χ3n) is 4.28. The topological polar surface area (TPSA) is 81.4 Å². The van der Waals surface area contributed by atoms with Gasteiger partial charge in [0.05, 0.1) is 6.42 Å². The molecule has 146 valence electrons. The van der Waals surface area contributed by atoms with E-state index in [1.54, 1.807) is 0 Å². The lowest BCUT2D eigenvalue weighted by molar-refractivity contribution is -0.147. The van der Waals surface area contributed by atoms with Gasteiger partial charge in [0.1, 0.15) is 5.52 Å². The van der Waals surface area contributed by atoms with E-state index < -0.39 is 5.97 Å². The molecular formula is C22H24N2O4. The zero-order valence-corrected chi connectivity index (χ0v) is 16.3. The number of oxazole rings is 1. The Morgan fingerprint density at radius 2 is 1.79 bits per heavy atom. The van der Waals surface area contributed by atoms with Crippen molar-refractivity contribution in [3.63, 3.8) is 0 Å². The first-order valence-corrected chi connectivity index (χ1v) is 9.22. The highest BCUT2D eigenvalue weighted by Gasteiger charge is 2.14. The fraction of sp³-hybridized carbons (Fsp3) is 0.318. The van der Waals surface area contributed by atoms with E-state index in [0.717, 1.165) is 5.52 Å². The number of amides is 1. The van der Waals surface area contributed by atoms with Gasteiger partial charge in [0.2, 0.25) is 0 Å². The van der Waals surface area contributed by atoms with Gasteiger partial charge in [-0.15, -0.1) is 0 Å². The Bertz CT molecular complexity index is 935. The third-order valence-corrected chi connectivity index (χ3v) is 4.28. The Morgan fingerprint density at radius 1 is 1.07 bits per heavy atom. The first-order valence-electron chi connectivity index (χ1n) is 9.22. The van der Waals surface area contributed by atoms with E-state index in [2.05, 4.69) is 31.1 Å².